The number of benzene rings is 1. The van der Waals surface area contributed by atoms with Crippen molar-refractivity contribution >= 4 is 45.4 Å². The molecular formula is C18H19BrN4O3S. The molecule has 1 aromatic heterocycles. The van der Waals surface area contributed by atoms with Crippen LogP contribution in [0.25, 0.3) is 0 Å². The van der Waals surface area contributed by atoms with Gasteiger partial charge in [-0.15, -0.1) is 0 Å². The quantitative estimate of drug-likeness (QED) is 0.561. The fourth-order valence-corrected chi connectivity index (χ4v) is 3.10. The Morgan fingerprint density at radius 3 is 2.56 bits per heavy atom. The van der Waals surface area contributed by atoms with Crippen molar-refractivity contribution < 1.29 is 14.4 Å². The first-order valence-corrected chi connectivity index (χ1v) is 10.3. The maximum atomic E-state index is 12.5. The number of halogens is 1. The molecular weight excluding hydrogens is 432 g/mol. The van der Waals surface area contributed by atoms with Gasteiger partial charge in [0, 0.05) is 16.9 Å². The number of aromatic nitrogens is 1. The topological polar surface area (TPSA) is 100 Å². The third-order valence-corrected chi connectivity index (χ3v) is 4.91. The lowest BCUT2D eigenvalue weighted by Gasteiger charge is -2.19. The van der Waals surface area contributed by atoms with Gasteiger partial charge in [-0.05, 0) is 58.6 Å². The first kappa shape index (κ1) is 20.9. The molecule has 1 atom stereocenters. The molecule has 0 saturated carbocycles. The second kappa shape index (κ2) is 10.7. The van der Waals surface area contributed by atoms with E-state index in [1.807, 2.05) is 6.26 Å². The fraction of sp³-hybridized carbons (Fsp3) is 0.222. The summed E-state index contributed by atoms with van der Waals surface area (Å²) < 4.78 is 0.636. The zero-order chi connectivity index (χ0) is 19.6. The maximum Gasteiger partial charge on any atom is 0.271 e. The van der Waals surface area contributed by atoms with E-state index in [0.717, 1.165) is 0 Å². The second-order valence-electron chi connectivity index (χ2n) is 5.47. The summed E-state index contributed by atoms with van der Waals surface area (Å²) in [6.07, 6.45) is 5.27. The molecule has 1 unspecified atom stereocenters. The predicted molar refractivity (Wildman–Crippen MR) is 108 cm³/mol. The Morgan fingerprint density at radius 2 is 1.89 bits per heavy atom. The van der Waals surface area contributed by atoms with E-state index in [-0.39, 0.29) is 5.91 Å². The van der Waals surface area contributed by atoms with E-state index in [0.29, 0.717) is 27.8 Å². The Morgan fingerprint density at radius 1 is 1.11 bits per heavy atom. The molecule has 3 N–H and O–H groups in total. The van der Waals surface area contributed by atoms with Crippen molar-refractivity contribution in [2.45, 2.75) is 12.5 Å². The molecule has 0 aliphatic rings. The molecule has 3 amide bonds. The molecule has 2 rings (SSSR count). The molecule has 27 heavy (non-hydrogen) atoms. The minimum absolute atomic E-state index is 0.315. The molecule has 1 aromatic carbocycles. The van der Waals surface area contributed by atoms with Crippen LogP contribution < -0.4 is 16.2 Å². The van der Waals surface area contributed by atoms with Crippen LogP contribution in [-0.2, 0) is 4.79 Å². The van der Waals surface area contributed by atoms with Crippen molar-refractivity contribution in [2.75, 3.05) is 12.0 Å². The molecule has 142 valence electrons. The molecule has 0 fully saturated rings. The van der Waals surface area contributed by atoms with Crippen LogP contribution in [0.15, 0.2) is 53.3 Å². The highest BCUT2D eigenvalue weighted by Crippen LogP contribution is 2.16. The highest BCUT2D eigenvalue weighted by molar-refractivity contribution is 9.10. The number of nitrogens with zero attached hydrogens (tertiary/aromatic N) is 1. The van der Waals surface area contributed by atoms with Gasteiger partial charge in [-0.3, -0.25) is 30.2 Å². The Bertz CT molecular complexity index is 804. The Balaban J connectivity index is 1.99. The molecule has 0 aliphatic heterocycles. The lowest BCUT2D eigenvalue weighted by Crippen LogP contribution is -2.52. The van der Waals surface area contributed by atoms with Crippen LogP contribution in [0, 0.1) is 0 Å². The number of nitrogens with one attached hydrogen (secondary N) is 3. The molecule has 0 saturated heterocycles. The Labute approximate surface area is 169 Å². The summed E-state index contributed by atoms with van der Waals surface area (Å²) in [4.78, 5) is 40.8. The van der Waals surface area contributed by atoms with Gasteiger partial charge >= 0.3 is 0 Å². The number of carbonyl (C=O) groups is 3. The summed E-state index contributed by atoms with van der Waals surface area (Å²) >= 11 is 4.88. The van der Waals surface area contributed by atoms with E-state index in [4.69, 9.17) is 0 Å². The summed E-state index contributed by atoms with van der Waals surface area (Å²) in [5.41, 5.74) is 5.44. The number of carbonyl (C=O) groups excluding carboxylic acids is 3. The van der Waals surface area contributed by atoms with Crippen molar-refractivity contribution in [3.63, 3.8) is 0 Å². The molecule has 0 radical (unpaired) electrons. The van der Waals surface area contributed by atoms with Crippen molar-refractivity contribution in [1.82, 2.24) is 21.2 Å². The van der Waals surface area contributed by atoms with Crippen LogP contribution in [0.5, 0.6) is 0 Å². The van der Waals surface area contributed by atoms with Gasteiger partial charge < -0.3 is 5.32 Å². The average Bonchev–Trinajstić information content (AvgIpc) is 2.69. The van der Waals surface area contributed by atoms with E-state index in [9.17, 15) is 14.4 Å². The minimum atomic E-state index is -0.786. The molecule has 0 bridgehead atoms. The first-order valence-electron chi connectivity index (χ1n) is 8.07. The Kier molecular flexibility index (Phi) is 8.28. The smallest absolute Gasteiger partial charge is 0.271 e. The number of rotatable bonds is 7. The molecule has 9 heteroatoms. The molecule has 0 aliphatic carbocycles. The van der Waals surface area contributed by atoms with Crippen molar-refractivity contribution in [1.29, 1.82) is 0 Å². The lowest BCUT2D eigenvalue weighted by atomic mass is 10.1. The summed E-state index contributed by atoms with van der Waals surface area (Å²) in [7, 11) is 0. The van der Waals surface area contributed by atoms with Crippen LogP contribution in [-0.4, -0.2) is 40.8 Å². The van der Waals surface area contributed by atoms with E-state index in [1.165, 1.54) is 6.20 Å². The van der Waals surface area contributed by atoms with Gasteiger partial charge in [0.1, 0.15) is 6.04 Å². The minimum Gasteiger partial charge on any atom is -0.340 e. The van der Waals surface area contributed by atoms with E-state index < -0.39 is 17.9 Å². The van der Waals surface area contributed by atoms with Gasteiger partial charge in [-0.2, -0.15) is 11.8 Å². The number of hydrogen-bond acceptors (Lipinski definition) is 5. The SMILES string of the molecule is CSCCC(NC(=O)c1ccccc1Br)C(=O)NNC(=O)c1cccnc1. The maximum absolute atomic E-state index is 12.5. The van der Waals surface area contributed by atoms with Gasteiger partial charge in [0.25, 0.3) is 17.7 Å². The monoisotopic (exact) mass is 450 g/mol. The van der Waals surface area contributed by atoms with Crippen molar-refractivity contribution in [3.8, 4) is 0 Å². The Hall–Kier alpha value is -2.39. The van der Waals surface area contributed by atoms with Crippen LogP contribution in [0.4, 0.5) is 0 Å². The number of thioether (sulfide) groups is 1. The van der Waals surface area contributed by atoms with Gasteiger partial charge in [0.2, 0.25) is 0 Å². The fourth-order valence-electron chi connectivity index (χ4n) is 2.16. The third kappa shape index (κ3) is 6.37. The van der Waals surface area contributed by atoms with Crippen LogP contribution >= 0.6 is 27.7 Å². The van der Waals surface area contributed by atoms with Crippen LogP contribution in [0.2, 0.25) is 0 Å². The third-order valence-electron chi connectivity index (χ3n) is 3.57. The van der Waals surface area contributed by atoms with Crippen LogP contribution in [0.1, 0.15) is 27.1 Å². The number of hydrazine groups is 1. The van der Waals surface area contributed by atoms with Gasteiger partial charge in [-0.25, -0.2) is 0 Å². The summed E-state index contributed by atoms with van der Waals surface area (Å²) in [6, 6.07) is 9.36. The summed E-state index contributed by atoms with van der Waals surface area (Å²) in [6.45, 7) is 0. The van der Waals surface area contributed by atoms with Crippen LogP contribution in [0.3, 0.4) is 0 Å². The number of amides is 3. The van der Waals surface area contributed by atoms with E-state index >= 15 is 0 Å². The average molecular weight is 451 g/mol. The standard InChI is InChI=1S/C18H19BrN4O3S/c1-27-10-8-15(21-17(25)13-6-2-3-7-14(13)19)18(26)23-22-16(24)12-5-4-9-20-11-12/h2-7,9,11,15H,8,10H2,1H3,(H,21,25)(H,22,24)(H,23,26). The summed E-state index contributed by atoms with van der Waals surface area (Å²) in [5.74, 6) is -0.688. The molecule has 0 spiro atoms. The largest absolute Gasteiger partial charge is 0.340 e. The summed E-state index contributed by atoms with van der Waals surface area (Å²) in [5, 5.41) is 2.71. The second-order valence-corrected chi connectivity index (χ2v) is 7.31. The van der Waals surface area contributed by atoms with Crippen molar-refractivity contribution in [3.05, 3.63) is 64.4 Å². The normalized spacial score (nSPS) is 11.3. The lowest BCUT2D eigenvalue weighted by molar-refractivity contribution is -0.123. The first-order chi connectivity index (χ1) is 13.0. The highest BCUT2D eigenvalue weighted by Gasteiger charge is 2.22. The van der Waals surface area contributed by atoms with E-state index in [1.54, 1.807) is 54.4 Å². The molecule has 7 nitrogen and oxygen atoms in total. The zero-order valence-electron chi connectivity index (χ0n) is 14.6. The van der Waals surface area contributed by atoms with Gasteiger partial charge in [-0.1, -0.05) is 12.1 Å². The molecule has 2 aromatic rings. The zero-order valence-corrected chi connectivity index (χ0v) is 17.0. The van der Waals surface area contributed by atoms with Crippen molar-refractivity contribution in [2.24, 2.45) is 0 Å². The van der Waals surface area contributed by atoms with E-state index in [2.05, 4.69) is 37.1 Å². The highest BCUT2D eigenvalue weighted by atomic mass is 79.9. The van der Waals surface area contributed by atoms with Gasteiger partial charge in [0.15, 0.2) is 0 Å². The van der Waals surface area contributed by atoms with Gasteiger partial charge in [0.05, 0.1) is 11.1 Å². The predicted octanol–water partition coefficient (Wildman–Crippen LogP) is 2.16. The number of hydrogen-bond donors (Lipinski definition) is 3. The molecule has 1 heterocycles. The number of pyridine rings is 1.